The van der Waals surface area contributed by atoms with Crippen LogP contribution in [-0.2, 0) is 0 Å². The topological polar surface area (TPSA) is 78.9 Å². The molecule has 4 aromatic rings. The molecule has 0 unspecified atom stereocenters. The van der Waals surface area contributed by atoms with E-state index in [-0.39, 0.29) is 11.1 Å². The van der Waals surface area contributed by atoms with Gasteiger partial charge in [0.15, 0.2) is 5.58 Å². The number of halogens is 1. The summed E-state index contributed by atoms with van der Waals surface area (Å²) < 4.78 is 19.9. The van der Waals surface area contributed by atoms with Crippen LogP contribution in [0.25, 0.3) is 22.6 Å². The number of nitrogens with zero attached hydrogens (tertiary/aromatic N) is 2. The van der Waals surface area contributed by atoms with Gasteiger partial charge < -0.3 is 9.73 Å². The van der Waals surface area contributed by atoms with E-state index in [1.165, 1.54) is 12.1 Å². The zero-order valence-corrected chi connectivity index (χ0v) is 14.9. The van der Waals surface area contributed by atoms with Crippen LogP contribution in [0.5, 0.6) is 0 Å². The number of oxazole rings is 1. The van der Waals surface area contributed by atoms with Crippen LogP contribution < -0.4 is 5.32 Å². The minimum Gasteiger partial charge on any atom is -0.436 e. The zero-order chi connectivity index (χ0) is 19.7. The molecule has 6 heteroatoms. The SMILES string of the molecule is Cc1c(NC(=O)c2ccc(C#N)cc2F)cccc1-c1nc2ccccc2o1. The van der Waals surface area contributed by atoms with Crippen LogP contribution in [0.4, 0.5) is 10.1 Å². The highest BCUT2D eigenvalue weighted by molar-refractivity contribution is 6.05. The standard InChI is InChI=1S/C22H14FN3O2/c1-13-15(22-26-19-6-2-3-8-20(19)28-22)5-4-7-18(13)25-21(27)16-10-9-14(12-24)11-17(16)23/h2-11H,1H3,(H,25,27). The van der Waals surface area contributed by atoms with Gasteiger partial charge in [0, 0.05) is 11.3 Å². The van der Waals surface area contributed by atoms with E-state index in [0.29, 0.717) is 17.2 Å². The molecule has 0 radical (unpaired) electrons. The van der Waals surface area contributed by atoms with Crippen LogP contribution in [0, 0.1) is 24.1 Å². The Kier molecular flexibility index (Phi) is 4.34. The molecule has 136 valence electrons. The molecule has 0 aliphatic carbocycles. The predicted molar refractivity (Wildman–Crippen MR) is 103 cm³/mol. The van der Waals surface area contributed by atoms with Gasteiger partial charge in [-0.15, -0.1) is 0 Å². The number of hydrogen-bond acceptors (Lipinski definition) is 4. The first-order chi connectivity index (χ1) is 13.6. The smallest absolute Gasteiger partial charge is 0.258 e. The molecule has 0 spiro atoms. The third-order valence-electron chi connectivity index (χ3n) is 4.45. The number of benzene rings is 3. The van der Waals surface area contributed by atoms with Gasteiger partial charge in [0.25, 0.3) is 5.91 Å². The number of carbonyl (C=O) groups excluding carboxylic acids is 1. The predicted octanol–water partition coefficient (Wildman–Crippen LogP) is 5.07. The van der Waals surface area contributed by atoms with Crippen LogP contribution in [0.15, 0.2) is 65.1 Å². The number of fused-ring (bicyclic) bond motifs is 1. The molecule has 1 aromatic heterocycles. The Morgan fingerprint density at radius 2 is 1.96 bits per heavy atom. The highest BCUT2D eigenvalue weighted by Crippen LogP contribution is 2.30. The van der Waals surface area contributed by atoms with Crippen molar-refractivity contribution < 1.29 is 13.6 Å². The summed E-state index contributed by atoms with van der Waals surface area (Å²) >= 11 is 0. The van der Waals surface area contributed by atoms with E-state index in [4.69, 9.17) is 9.68 Å². The molecule has 1 amide bonds. The van der Waals surface area contributed by atoms with E-state index in [9.17, 15) is 9.18 Å². The van der Waals surface area contributed by atoms with Crippen molar-refractivity contribution in [2.75, 3.05) is 5.32 Å². The van der Waals surface area contributed by atoms with Crippen molar-refractivity contribution in [3.8, 4) is 17.5 Å². The maximum Gasteiger partial charge on any atom is 0.258 e. The summed E-state index contributed by atoms with van der Waals surface area (Å²) in [6.45, 7) is 1.83. The van der Waals surface area contributed by atoms with E-state index in [1.54, 1.807) is 12.1 Å². The maximum absolute atomic E-state index is 14.1. The summed E-state index contributed by atoms with van der Waals surface area (Å²) in [6, 6.07) is 18.3. The normalized spacial score (nSPS) is 10.6. The van der Waals surface area contributed by atoms with Crippen LogP contribution >= 0.6 is 0 Å². The van der Waals surface area contributed by atoms with Gasteiger partial charge in [0.2, 0.25) is 5.89 Å². The molecule has 0 aliphatic rings. The third kappa shape index (κ3) is 3.10. The van der Waals surface area contributed by atoms with Crippen LogP contribution in [0.1, 0.15) is 21.5 Å². The van der Waals surface area contributed by atoms with Gasteiger partial charge in [-0.3, -0.25) is 4.79 Å². The first-order valence-electron chi connectivity index (χ1n) is 8.53. The van der Waals surface area contributed by atoms with Crippen molar-refractivity contribution in [3.63, 3.8) is 0 Å². The monoisotopic (exact) mass is 371 g/mol. The van der Waals surface area contributed by atoms with Gasteiger partial charge in [-0.25, -0.2) is 9.37 Å². The summed E-state index contributed by atoms with van der Waals surface area (Å²) in [5.74, 6) is -0.900. The minimum absolute atomic E-state index is 0.134. The lowest BCUT2D eigenvalue weighted by molar-refractivity contribution is 0.102. The average Bonchev–Trinajstić information content (AvgIpc) is 3.13. The summed E-state index contributed by atoms with van der Waals surface area (Å²) in [7, 11) is 0. The van der Waals surface area contributed by atoms with Gasteiger partial charge in [0.05, 0.1) is 17.2 Å². The molecule has 0 atom stereocenters. The molecule has 0 saturated heterocycles. The highest BCUT2D eigenvalue weighted by atomic mass is 19.1. The van der Waals surface area contributed by atoms with E-state index in [1.807, 2.05) is 43.3 Å². The number of anilines is 1. The van der Waals surface area contributed by atoms with Gasteiger partial charge in [-0.05, 0) is 55.0 Å². The number of carbonyl (C=O) groups is 1. The molecule has 5 nitrogen and oxygen atoms in total. The van der Waals surface area contributed by atoms with Gasteiger partial charge in [-0.1, -0.05) is 18.2 Å². The lowest BCUT2D eigenvalue weighted by Crippen LogP contribution is -2.14. The molecule has 4 rings (SSSR count). The van der Waals surface area contributed by atoms with Gasteiger partial charge in [0.1, 0.15) is 11.3 Å². The molecular weight excluding hydrogens is 357 g/mol. The second kappa shape index (κ2) is 6.97. The molecule has 0 fully saturated rings. The van der Waals surface area contributed by atoms with Crippen LogP contribution in [0.3, 0.4) is 0 Å². The number of nitrogens with one attached hydrogen (secondary N) is 1. The van der Waals surface area contributed by atoms with Crippen molar-refractivity contribution in [1.29, 1.82) is 5.26 Å². The minimum atomic E-state index is -0.746. The summed E-state index contributed by atoms with van der Waals surface area (Å²) in [5, 5.41) is 11.5. The molecule has 3 aromatic carbocycles. The molecule has 1 heterocycles. The lowest BCUT2D eigenvalue weighted by atomic mass is 10.1. The van der Waals surface area contributed by atoms with Crippen molar-refractivity contribution in [1.82, 2.24) is 4.98 Å². The number of hydrogen-bond donors (Lipinski definition) is 1. The first-order valence-corrected chi connectivity index (χ1v) is 8.53. The Bertz CT molecular complexity index is 1220. The molecule has 0 bridgehead atoms. The summed E-state index contributed by atoms with van der Waals surface area (Å²) in [5.41, 5.74) is 3.44. The second-order valence-electron chi connectivity index (χ2n) is 6.23. The third-order valence-corrected chi connectivity index (χ3v) is 4.45. The Morgan fingerprint density at radius 1 is 1.14 bits per heavy atom. The molecule has 0 saturated carbocycles. The number of rotatable bonds is 3. The van der Waals surface area contributed by atoms with Crippen molar-refractivity contribution in [2.45, 2.75) is 6.92 Å². The Morgan fingerprint density at radius 3 is 2.71 bits per heavy atom. The molecule has 1 N–H and O–H groups in total. The fourth-order valence-electron chi connectivity index (χ4n) is 2.95. The van der Waals surface area contributed by atoms with Crippen LogP contribution in [0.2, 0.25) is 0 Å². The van der Waals surface area contributed by atoms with Crippen LogP contribution in [-0.4, -0.2) is 10.9 Å². The van der Waals surface area contributed by atoms with E-state index >= 15 is 0 Å². The fraction of sp³-hybridized carbons (Fsp3) is 0.0455. The summed E-state index contributed by atoms with van der Waals surface area (Å²) in [6.07, 6.45) is 0. The van der Waals surface area contributed by atoms with Gasteiger partial charge >= 0.3 is 0 Å². The van der Waals surface area contributed by atoms with E-state index < -0.39 is 11.7 Å². The first kappa shape index (κ1) is 17.4. The number of para-hydroxylation sites is 2. The fourth-order valence-corrected chi connectivity index (χ4v) is 2.95. The van der Waals surface area contributed by atoms with Gasteiger partial charge in [-0.2, -0.15) is 5.26 Å². The highest BCUT2D eigenvalue weighted by Gasteiger charge is 2.16. The Hall–Kier alpha value is -3.98. The molecular formula is C22H14FN3O2. The summed E-state index contributed by atoms with van der Waals surface area (Å²) in [4.78, 5) is 17.0. The van der Waals surface area contributed by atoms with Crippen molar-refractivity contribution >= 4 is 22.7 Å². The zero-order valence-electron chi connectivity index (χ0n) is 14.9. The van der Waals surface area contributed by atoms with Crippen molar-refractivity contribution in [2.24, 2.45) is 0 Å². The maximum atomic E-state index is 14.1. The van der Waals surface area contributed by atoms with Crippen molar-refractivity contribution in [3.05, 3.63) is 83.2 Å². The number of amides is 1. The van der Waals surface area contributed by atoms with E-state index in [0.717, 1.165) is 22.7 Å². The molecule has 28 heavy (non-hydrogen) atoms. The Balaban J connectivity index is 1.67. The second-order valence-corrected chi connectivity index (χ2v) is 6.23. The largest absolute Gasteiger partial charge is 0.436 e. The lowest BCUT2D eigenvalue weighted by Gasteiger charge is -2.11. The average molecular weight is 371 g/mol. The number of aromatic nitrogens is 1. The molecule has 0 aliphatic heterocycles. The van der Waals surface area contributed by atoms with E-state index in [2.05, 4.69) is 10.3 Å². The quantitative estimate of drug-likeness (QED) is 0.545. The Labute approximate surface area is 160 Å². The number of nitriles is 1.